The second-order valence-electron chi connectivity index (χ2n) is 8.53. The Kier molecular flexibility index (Phi) is 8.88. The van der Waals surface area contributed by atoms with E-state index >= 15 is 0 Å². The number of hydrogen-bond donors (Lipinski definition) is 1. The molecule has 2 aliphatic heterocycles. The van der Waals surface area contributed by atoms with E-state index in [4.69, 9.17) is 14.5 Å². The minimum atomic E-state index is -0.515. The lowest BCUT2D eigenvalue weighted by atomic mass is 9.91. The van der Waals surface area contributed by atoms with Gasteiger partial charge in [0.25, 0.3) is 5.91 Å². The Balaban J connectivity index is 2.14. The Bertz CT molecular complexity index is 1060. The Morgan fingerprint density at radius 1 is 1.20 bits per heavy atom. The van der Waals surface area contributed by atoms with E-state index in [0.717, 1.165) is 22.8 Å². The summed E-state index contributed by atoms with van der Waals surface area (Å²) in [5.74, 6) is 1.15. The molecular weight excluding hydrogens is 464 g/mol. The van der Waals surface area contributed by atoms with Crippen molar-refractivity contribution < 1.29 is 19.1 Å². The van der Waals surface area contributed by atoms with Crippen LogP contribution in [0.5, 0.6) is 11.5 Å². The Morgan fingerprint density at radius 2 is 1.91 bits per heavy atom. The van der Waals surface area contributed by atoms with E-state index in [1.54, 1.807) is 19.1 Å². The van der Waals surface area contributed by atoms with Crippen molar-refractivity contribution in [2.24, 2.45) is 4.99 Å². The highest BCUT2D eigenvalue weighted by molar-refractivity contribution is 8.16. The number of amidine groups is 1. The number of aliphatic imine (C=N–C) groups is 1. The standard InChI is InChI=1S/C26H36N4O4S/c1-8-16(4)27-22(31)13-18-15-35-26-28-17(5)23(25(32)29(9-2)10-3)24(30(18)26)20-14-19(33-6)11-12-21(20)34-7/h11-12,14-16,24H,8-10,13H2,1-7H3,(H,27,31)/t16-,24-/m0/s1. The number of nitrogens with zero attached hydrogens (tertiary/aromatic N) is 3. The second-order valence-corrected chi connectivity index (χ2v) is 9.37. The molecule has 0 bridgehead atoms. The van der Waals surface area contributed by atoms with Crippen LogP contribution in [0.1, 0.15) is 59.1 Å². The van der Waals surface area contributed by atoms with Gasteiger partial charge >= 0.3 is 0 Å². The molecule has 2 atom stereocenters. The molecule has 2 amide bonds. The molecule has 0 unspecified atom stereocenters. The van der Waals surface area contributed by atoms with E-state index < -0.39 is 6.04 Å². The molecule has 0 fully saturated rings. The smallest absolute Gasteiger partial charge is 0.254 e. The minimum absolute atomic E-state index is 0.0632. The number of nitrogens with one attached hydrogen (secondary N) is 1. The highest BCUT2D eigenvalue weighted by Gasteiger charge is 2.42. The predicted octanol–water partition coefficient (Wildman–Crippen LogP) is 4.45. The van der Waals surface area contributed by atoms with Crippen molar-refractivity contribution >= 4 is 28.7 Å². The molecule has 9 heteroatoms. The lowest BCUT2D eigenvalue weighted by Crippen LogP contribution is -2.42. The fourth-order valence-corrected chi connectivity index (χ4v) is 5.23. The highest BCUT2D eigenvalue weighted by atomic mass is 32.2. The van der Waals surface area contributed by atoms with Gasteiger partial charge in [-0.25, -0.2) is 4.99 Å². The number of carbonyl (C=O) groups excluding carboxylic acids is 2. The molecule has 8 nitrogen and oxygen atoms in total. The van der Waals surface area contributed by atoms with Gasteiger partial charge in [0.2, 0.25) is 5.91 Å². The monoisotopic (exact) mass is 500 g/mol. The third kappa shape index (κ3) is 5.50. The molecule has 1 N–H and O–H groups in total. The van der Waals surface area contributed by atoms with Crippen LogP contribution in [0, 0.1) is 0 Å². The number of rotatable bonds is 10. The van der Waals surface area contributed by atoms with Crippen LogP contribution in [-0.2, 0) is 9.59 Å². The number of hydrogen-bond acceptors (Lipinski definition) is 7. The van der Waals surface area contributed by atoms with Crippen molar-refractivity contribution in [3.63, 3.8) is 0 Å². The fraction of sp³-hybridized carbons (Fsp3) is 0.500. The van der Waals surface area contributed by atoms with E-state index in [-0.39, 0.29) is 24.3 Å². The number of fused-ring (bicyclic) bond motifs is 1. The molecule has 0 spiro atoms. The minimum Gasteiger partial charge on any atom is -0.497 e. The molecule has 0 aliphatic carbocycles. The molecule has 0 saturated heterocycles. The first-order valence-corrected chi connectivity index (χ1v) is 12.9. The summed E-state index contributed by atoms with van der Waals surface area (Å²) in [6.45, 7) is 11.0. The molecule has 2 heterocycles. The van der Waals surface area contributed by atoms with Gasteiger partial charge in [0.15, 0.2) is 5.17 Å². The van der Waals surface area contributed by atoms with Gasteiger partial charge in [-0.15, -0.1) is 0 Å². The third-order valence-corrected chi connectivity index (χ3v) is 7.26. The van der Waals surface area contributed by atoms with Crippen LogP contribution in [0.4, 0.5) is 0 Å². The number of methoxy groups -OCH3 is 2. The SMILES string of the molecule is CC[C@H](C)NC(=O)CC1=CSC2=NC(C)=C(C(=O)N(CC)CC)[C@H](c3cc(OC)ccc3OC)N12. The maximum absolute atomic E-state index is 13.8. The summed E-state index contributed by atoms with van der Waals surface area (Å²) < 4.78 is 11.2. The normalized spacial score (nSPS) is 17.9. The maximum atomic E-state index is 13.8. The molecule has 35 heavy (non-hydrogen) atoms. The number of amides is 2. The van der Waals surface area contributed by atoms with Crippen LogP contribution in [0.3, 0.4) is 0 Å². The average molecular weight is 501 g/mol. The lowest BCUT2D eigenvalue weighted by molar-refractivity contribution is -0.127. The zero-order valence-electron chi connectivity index (χ0n) is 21.7. The first-order chi connectivity index (χ1) is 16.8. The fourth-order valence-electron chi connectivity index (χ4n) is 4.26. The van der Waals surface area contributed by atoms with Gasteiger partial charge < -0.3 is 24.6 Å². The zero-order valence-corrected chi connectivity index (χ0v) is 22.5. The van der Waals surface area contributed by atoms with Crippen molar-refractivity contribution in [2.75, 3.05) is 27.3 Å². The van der Waals surface area contributed by atoms with Gasteiger partial charge in [-0.1, -0.05) is 18.7 Å². The second kappa shape index (κ2) is 11.7. The van der Waals surface area contributed by atoms with E-state index in [1.807, 2.05) is 63.1 Å². The van der Waals surface area contributed by atoms with Crippen LogP contribution in [-0.4, -0.2) is 60.1 Å². The van der Waals surface area contributed by atoms with Crippen molar-refractivity contribution in [3.05, 3.63) is 46.1 Å². The predicted molar refractivity (Wildman–Crippen MR) is 140 cm³/mol. The molecule has 0 saturated carbocycles. The number of benzene rings is 1. The van der Waals surface area contributed by atoms with E-state index in [2.05, 4.69) is 5.32 Å². The molecule has 190 valence electrons. The number of ether oxygens (including phenoxy) is 2. The first-order valence-electron chi connectivity index (χ1n) is 12.0. The van der Waals surface area contributed by atoms with E-state index in [9.17, 15) is 9.59 Å². The first kappa shape index (κ1) is 26.7. The summed E-state index contributed by atoms with van der Waals surface area (Å²) >= 11 is 1.46. The van der Waals surface area contributed by atoms with Gasteiger partial charge in [-0.2, -0.15) is 0 Å². The third-order valence-electron chi connectivity index (χ3n) is 6.37. The number of carbonyl (C=O) groups is 2. The molecule has 1 aromatic rings. The van der Waals surface area contributed by atoms with Crippen LogP contribution in [0.25, 0.3) is 0 Å². The van der Waals surface area contributed by atoms with Gasteiger partial charge in [-0.3, -0.25) is 9.59 Å². The van der Waals surface area contributed by atoms with E-state index in [0.29, 0.717) is 35.9 Å². The number of allylic oxidation sites excluding steroid dienone is 1. The van der Waals surface area contributed by atoms with Crippen LogP contribution >= 0.6 is 11.8 Å². The molecule has 3 rings (SSSR count). The van der Waals surface area contributed by atoms with Gasteiger partial charge in [0.1, 0.15) is 11.5 Å². The summed E-state index contributed by atoms with van der Waals surface area (Å²) in [4.78, 5) is 35.2. The highest BCUT2D eigenvalue weighted by Crippen LogP contribution is 2.47. The van der Waals surface area contributed by atoms with Crippen molar-refractivity contribution in [3.8, 4) is 11.5 Å². The summed E-state index contributed by atoms with van der Waals surface area (Å²) in [7, 11) is 3.22. The molecular formula is C26H36N4O4S. The quantitative estimate of drug-likeness (QED) is 0.511. The topological polar surface area (TPSA) is 83.5 Å². The van der Waals surface area contributed by atoms with Gasteiger partial charge in [0.05, 0.1) is 38.0 Å². The summed E-state index contributed by atoms with van der Waals surface area (Å²) in [5.41, 5.74) is 2.81. The summed E-state index contributed by atoms with van der Waals surface area (Å²) in [6.07, 6.45) is 1.04. The van der Waals surface area contributed by atoms with Crippen molar-refractivity contribution in [2.45, 2.75) is 59.5 Å². The maximum Gasteiger partial charge on any atom is 0.254 e. The van der Waals surface area contributed by atoms with Crippen molar-refractivity contribution in [1.29, 1.82) is 0 Å². The number of likely N-dealkylation sites (N-methyl/N-ethyl adjacent to an activating group) is 1. The van der Waals surface area contributed by atoms with Gasteiger partial charge in [-0.05, 0) is 57.7 Å². The van der Waals surface area contributed by atoms with Crippen molar-refractivity contribution in [1.82, 2.24) is 15.1 Å². The Labute approximate surface area is 212 Å². The molecule has 2 aliphatic rings. The summed E-state index contributed by atoms with van der Waals surface area (Å²) in [5, 5.41) is 5.73. The molecule has 0 aromatic heterocycles. The Hall–Kier alpha value is -2.94. The van der Waals surface area contributed by atoms with Crippen LogP contribution in [0.2, 0.25) is 0 Å². The number of thioether (sulfide) groups is 1. The molecule has 0 radical (unpaired) electrons. The largest absolute Gasteiger partial charge is 0.497 e. The zero-order chi connectivity index (χ0) is 25.7. The molecule has 1 aromatic carbocycles. The lowest BCUT2D eigenvalue weighted by Gasteiger charge is -2.38. The van der Waals surface area contributed by atoms with Gasteiger partial charge in [0, 0.05) is 30.4 Å². The van der Waals surface area contributed by atoms with Crippen LogP contribution < -0.4 is 14.8 Å². The van der Waals surface area contributed by atoms with E-state index in [1.165, 1.54) is 11.8 Å². The Morgan fingerprint density at radius 3 is 2.51 bits per heavy atom. The summed E-state index contributed by atoms with van der Waals surface area (Å²) in [6, 6.07) is 5.14. The average Bonchev–Trinajstić information content (AvgIpc) is 3.24. The van der Waals surface area contributed by atoms with Crippen LogP contribution in [0.15, 0.2) is 45.6 Å².